The zero-order valence-electron chi connectivity index (χ0n) is 22.5. The van der Waals surface area contributed by atoms with Gasteiger partial charge in [-0.15, -0.1) is 0 Å². The Morgan fingerprint density at radius 1 is 0.780 bits per heavy atom. The first kappa shape index (κ1) is 31.9. The summed E-state index contributed by atoms with van der Waals surface area (Å²) in [6.07, 6.45) is 0.708. The SMILES string of the molecule is CC.CC(COc1cc(COc2ccc([N+](=O)[O-])c(C=O)c2)cc(COc2ccc([N+](=O)[O-])c(C=O)c2)c1)C(=O)O. The predicted octanol–water partition coefficient (Wildman–Crippen LogP) is 5.41. The number of nitro benzene ring substituents is 2. The summed E-state index contributed by atoms with van der Waals surface area (Å²) in [5.41, 5.74) is 0.121. The number of aliphatic carboxylic acids is 1. The average Bonchev–Trinajstić information content (AvgIpc) is 2.98. The van der Waals surface area contributed by atoms with Crippen molar-refractivity contribution in [1.29, 1.82) is 0 Å². The second-order valence-corrected chi connectivity index (χ2v) is 8.30. The van der Waals surface area contributed by atoms with Crippen molar-refractivity contribution in [2.45, 2.75) is 34.0 Å². The summed E-state index contributed by atoms with van der Waals surface area (Å²) in [7, 11) is 0. The number of nitro groups is 2. The molecular formula is C28H28N2O11. The van der Waals surface area contributed by atoms with E-state index in [0.717, 1.165) is 12.1 Å². The van der Waals surface area contributed by atoms with Crippen molar-refractivity contribution in [3.63, 3.8) is 0 Å². The van der Waals surface area contributed by atoms with Crippen LogP contribution in [0.1, 0.15) is 52.6 Å². The van der Waals surface area contributed by atoms with Crippen LogP contribution in [-0.4, -0.2) is 40.1 Å². The van der Waals surface area contributed by atoms with Gasteiger partial charge in [-0.2, -0.15) is 0 Å². The number of carboxylic acids is 1. The van der Waals surface area contributed by atoms with E-state index in [1.807, 2.05) is 13.8 Å². The Bertz CT molecular complexity index is 1330. The van der Waals surface area contributed by atoms with Gasteiger partial charge in [-0.05, 0) is 60.5 Å². The molecule has 0 aliphatic carbocycles. The molecule has 41 heavy (non-hydrogen) atoms. The fourth-order valence-electron chi connectivity index (χ4n) is 3.37. The second-order valence-electron chi connectivity index (χ2n) is 8.30. The van der Waals surface area contributed by atoms with Crippen LogP contribution in [0.5, 0.6) is 17.2 Å². The number of benzene rings is 3. The van der Waals surface area contributed by atoms with Crippen LogP contribution in [0.3, 0.4) is 0 Å². The number of ether oxygens (including phenoxy) is 3. The topological polar surface area (TPSA) is 185 Å². The van der Waals surface area contributed by atoms with Crippen molar-refractivity contribution < 1.29 is 43.5 Å². The normalized spacial score (nSPS) is 10.8. The highest BCUT2D eigenvalue weighted by molar-refractivity contribution is 5.82. The van der Waals surface area contributed by atoms with Crippen LogP contribution in [0.15, 0.2) is 54.6 Å². The smallest absolute Gasteiger partial charge is 0.309 e. The molecule has 0 radical (unpaired) electrons. The fraction of sp³-hybridized carbons (Fsp3) is 0.250. The molecule has 0 heterocycles. The Balaban J connectivity index is 0.00000287. The molecule has 0 aliphatic rings. The van der Waals surface area contributed by atoms with Gasteiger partial charge < -0.3 is 19.3 Å². The van der Waals surface area contributed by atoms with Crippen molar-refractivity contribution in [1.82, 2.24) is 0 Å². The summed E-state index contributed by atoms with van der Waals surface area (Å²) in [5, 5.41) is 31.2. The molecule has 13 nitrogen and oxygen atoms in total. The van der Waals surface area contributed by atoms with Gasteiger partial charge in [0.25, 0.3) is 11.4 Å². The first-order valence-corrected chi connectivity index (χ1v) is 12.3. The second kappa shape index (κ2) is 15.3. The Labute approximate surface area is 234 Å². The first-order chi connectivity index (χ1) is 19.6. The highest BCUT2D eigenvalue weighted by Crippen LogP contribution is 2.26. The minimum atomic E-state index is -1.04. The average molecular weight is 569 g/mol. The molecule has 3 rings (SSSR count). The molecule has 0 aromatic heterocycles. The quantitative estimate of drug-likeness (QED) is 0.149. The summed E-state index contributed by atoms with van der Waals surface area (Å²) in [5.74, 6) is -1.09. The molecule has 3 aromatic carbocycles. The fourth-order valence-corrected chi connectivity index (χ4v) is 3.37. The molecular weight excluding hydrogens is 540 g/mol. The number of hydrogen-bond acceptors (Lipinski definition) is 10. The van der Waals surface area contributed by atoms with E-state index in [1.165, 1.54) is 31.2 Å². The van der Waals surface area contributed by atoms with Crippen molar-refractivity contribution >= 4 is 29.9 Å². The van der Waals surface area contributed by atoms with Gasteiger partial charge >= 0.3 is 5.97 Å². The minimum absolute atomic E-state index is 0.0401. The lowest BCUT2D eigenvalue weighted by atomic mass is 10.1. The lowest BCUT2D eigenvalue weighted by Gasteiger charge is -2.14. The molecule has 1 atom stereocenters. The zero-order valence-corrected chi connectivity index (χ0v) is 22.5. The molecule has 216 valence electrons. The van der Waals surface area contributed by atoms with Crippen LogP contribution in [0.25, 0.3) is 0 Å². The molecule has 0 aliphatic heterocycles. The molecule has 0 spiro atoms. The number of hydrogen-bond donors (Lipinski definition) is 1. The van der Waals surface area contributed by atoms with E-state index >= 15 is 0 Å². The monoisotopic (exact) mass is 568 g/mol. The third kappa shape index (κ3) is 9.13. The van der Waals surface area contributed by atoms with Gasteiger partial charge in [0.2, 0.25) is 0 Å². The minimum Gasteiger partial charge on any atom is -0.493 e. The van der Waals surface area contributed by atoms with E-state index in [0.29, 0.717) is 29.4 Å². The molecule has 0 fully saturated rings. The van der Waals surface area contributed by atoms with Crippen LogP contribution >= 0.6 is 0 Å². The molecule has 13 heteroatoms. The summed E-state index contributed by atoms with van der Waals surface area (Å²) in [6.45, 7) is 5.29. The Morgan fingerprint density at radius 2 is 1.22 bits per heavy atom. The maximum Gasteiger partial charge on any atom is 0.309 e. The maximum absolute atomic E-state index is 11.2. The molecule has 1 N–H and O–H groups in total. The molecule has 0 saturated carbocycles. The van der Waals surface area contributed by atoms with Gasteiger partial charge in [-0.25, -0.2) is 0 Å². The number of nitrogens with zero attached hydrogens (tertiary/aromatic N) is 2. The maximum atomic E-state index is 11.2. The zero-order chi connectivity index (χ0) is 30.5. The number of carbonyl (C=O) groups excluding carboxylic acids is 2. The van der Waals surface area contributed by atoms with E-state index in [9.17, 15) is 34.6 Å². The van der Waals surface area contributed by atoms with Gasteiger partial charge in [0, 0.05) is 12.1 Å². The van der Waals surface area contributed by atoms with Crippen molar-refractivity contribution in [3.05, 3.63) is 97.1 Å². The number of carbonyl (C=O) groups is 3. The van der Waals surface area contributed by atoms with E-state index in [1.54, 1.807) is 18.2 Å². The molecule has 0 bridgehead atoms. The van der Waals surface area contributed by atoms with Crippen molar-refractivity contribution in [2.75, 3.05) is 6.61 Å². The van der Waals surface area contributed by atoms with Crippen LogP contribution in [0.4, 0.5) is 11.4 Å². The van der Waals surface area contributed by atoms with E-state index in [-0.39, 0.29) is 53.8 Å². The number of carboxylic acid groups (broad SMARTS) is 1. The van der Waals surface area contributed by atoms with Crippen molar-refractivity contribution in [2.24, 2.45) is 5.92 Å². The lowest BCUT2D eigenvalue weighted by Crippen LogP contribution is -2.18. The molecule has 1 unspecified atom stereocenters. The Kier molecular flexibility index (Phi) is 11.9. The number of aldehydes is 2. The van der Waals surface area contributed by atoms with Gasteiger partial charge in [0.15, 0.2) is 12.6 Å². The number of rotatable bonds is 14. The Hall–Kier alpha value is -5.33. The standard InChI is InChI=1S/C26H22N2O11.C2H6/c1-16(26(31)32)13-37-23-7-17(14-38-21-2-4-24(27(33)34)19(9-21)11-29)6-18(8-23)15-39-22-3-5-25(28(35)36)20(10-22)12-30;1-2/h2-12,16H,13-15H2,1H3,(H,31,32);1-2H3. The summed E-state index contributed by atoms with van der Waals surface area (Å²) < 4.78 is 17.0. The van der Waals surface area contributed by atoms with Gasteiger partial charge in [-0.1, -0.05) is 13.8 Å². The molecule has 0 amide bonds. The van der Waals surface area contributed by atoms with E-state index in [2.05, 4.69) is 0 Å². The highest BCUT2D eigenvalue weighted by Gasteiger charge is 2.16. The van der Waals surface area contributed by atoms with Crippen LogP contribution < -0.4 is 14.2 Å². The lowest BCUT2D eigenvalue weighted by molar-refractivity contribution is -0.385. The van der Waals surface area contributed by atoms with E-state index < -0.39 is 21.7 Å². The summed E-state index contributed by atoms with van der Waals surface area (Å²) in [6, 6.07) is 12.4. The largest absolute Gasteiger partial charge is 0.493 e. The third-order valence-corrected chi connectivity index (χ3v) is 5.40. The first-order valence-electron chi connectivity index (χ1n) is 12.3. The Morgan fingerprint density at radius 3 is 1.59 bits per heavy atom. The van der Waals surface area contributed by atoms with Crippen LogP contribution in [0.2, 0.25) is 0 Å². The van der Waals surface area contributed by atoms with Crippen molar-refractivity contribution in [3.8, 4) is 17.2 Å². The van der Waals surface area contributed by atoms with E-state index in [4.69, 9.17) is 19.3 Å². The summed E-state index contributed by atoms with van der Waals surface area (Å²) in [4.78, 5) is 54.3. The van der Waals surface area contributed by atoms with Gasteiger partial charge in [0.05, 0.1) is 26.9 Å². The third-order valence-electron chi connectivity index (χ3n) is 5.40. The predicted molar refractivity (Wildman–Crippen MR) is 146 cm³/mol. The summed E-state index contributed by atoms with van der Waals surface area (Å²) >= 11 is 0. The molecule has 0 saturated heterocycles. The van der Waals surface area contributed by atoms with Crippen LogP contribution in [0, 0.1) is 26.1 Å². The highest BCUT2D eigenvalue weighted by atomic mass is 16.6. The van der Waals surface area contributed by atoms with Gasteiger partial charge in [-0.3, -0.25) is 34.6 Å². The molecule has 3 aromatic rings. The van der Waals surface area contributed by atoms with Crippen LogP contribution in [-0.2, 0) is 18.0 Å². The van der Waals surface area contributed by atoms with Gasteiger partial charge in [0.1, 0.15) is 37.1 Å².